The molecule has 1 unspecified atom stereocenters. The van der Waals surface area contributed by atoms with E-state index < -0.39 is 11.8 Å². The Morgan fingerprint density at radius 3 is 2.58 bits per heavy atom. The Bertz CT molecular complexity index is 435. The van der Waals surface area contributed by atoms with E-state index >= 15 is 0 Å². The molecule has 0 saturated carbocycles. The van der Waals surface area contributed by atoms with Crippen LogP contribution in [0, 0.1) is 11.7 Å². The standard InChI is InChI=1S/C14H20FNO3/c1-9(2)13(8-18-3)16-10-5-6-12(15)11(7-10)14(17)19-4/h5-7,9,13,16H,8H2,1-4H3. The normalized spacial score (nSPS) is 12.3. The third-order valence-electron chi connectivity index (χ3n) is 2.87. The van der Waals surface area contributed by atoms with Crippen molar-refractivity contribution >= 4 is 11.7 Å². The predicted octanol–water partition coefficient (Wildman–Crippen LogP) is 2.70. The van der Waals surface area contributed by atoms with Gasteiger partial charge >= 0.3 is 5.97 Å². The van der Waals surface area contributed by atoms with E-state index in [1.54, 1.807) is 13.2 Å². The molecule has 5 heteroatoms. The van der Waals surface area contributed by atoms with Crippen molar-refractivity contribution in [2.75, 3.05) is 26.1 Å². The van der Waals surface area contributed by atoms with E-state index in [2.05, 4.69) is 23.9 Å². The van der Waals surface area contributed by atoms with E-state index in [-0.39, 0.29) is 11.6 Å². The average Bonchev–Trinajstić information content (AvgIpc) is 2.39. The first-order chi connectivity index (χ1) is 8.99. The number of hydrogen-bond donors (Lipinski definition) is 1. The first-order valence-electron chi connectivity index (χ1n) is 6.13. The van der Waals surface area contributed by atoms with Crippen LogP contribution in [-0.4, -0.2) is 32.8 Å². The summed E-state index contributed by atoms with van der Waals surface area (Å²) < 4.78 is 23.2. The molecule has 0 amide bonds. The van der Waals surface area contributed by atoms with Gasteiger partial charge in [0.1, 0.15) is 5.82 Å². The molecule has 0 fully saturated rings. The molecule has 4 nitrogen and oxygen atoms in total. The van der Waals surface area contributed by atoms with Gasteiger partial charge in [-0.05, 0) is 24.1 Å². The van der Waals surface area contributed by atoms with Crippen LogP contribution in [0.4, 0.5) is 10.1 Å². The molecule has 1 aromatic rings. The van der Waals surface area contributed by atoms with Crippen LogP contribution in [0.5, 0.6) is 0 Å². The van der Waals surface area contributed by atoms with Crippen molar-refractivity contribution in [1.29, 1.82) is 0 Å². The van der Waals surface area contributed by atoms with E-state index in [0.717, 1.165) is 0 Å². The lowest BCUT2D eigenvalue weighted by Crippen LogP contribution is -2.30. The van der Waals surface area contributed by atoms with Gasteiger partial charge in [-0.1, -0.05) is 13.8 Å². The van der Waals surface area contributed by atoms with Gasteiger partial charge in [-0.15, -0.1) is 0 Å². The number of methoxy groups -OCH3 is 2. The zero-order valence-corrected chi connectivity index (χ0v) is 11.7. The molecule has 1 N–H and O–H groups in total. The molecule has 0 aliphatic carbocycles. The lowest BCUT2D eigenvalue weighted by atomic mass is 10.0. The second-order valence-electron chi connectivity index (χ2n) is 4.64. The SMILES string of the molecule is COCC(Nc1ccc(F)c(C(=O)OC)c1)C(C)C. The maximum Gasteiger partial charge on any atom is 0.340 e. The van der Waals surface area contributed by atoms with Gasteiger partial charge in [0.05, 0.1) is 25.3 Å². The van der Waals surface area contributed by atoms with Crippen molar-refractivity contribution in [3.05, 3.63) is 29.6 Å². The number of hydrogen-bond acceptors (Lipinski definition) is 4. The lowest BCUT2D eigenvalue weighted by molar-refractivity contribution is 0.0595. The molecule has 106 valence electrons. The van der Waals surface area contributed by atoms with Crippen LogP contribution >= 0.6 is 0 Å². The summed E-state index contributed by atoms with van der Waals surface area (Å²) in [5.41, 5.74) is 0.588. The Kier molecular flexibility index (Phi) is 5.76. The van der Waals surface area contributed by atoms with Crippen LogP contribution in [0.25, 0.3) is 0 Å². The third-order valence-corrected chi connectivity index (χ3v) is 2.87. The summed E-state index contributed by atoms with van der Waals surface area (Å²) >= 11 is 0. The van der Waals surface area contributed by atoms with Gasteiger partial charge in [-0.2, -0.15) is 0 Å². The maximum atomic E-state index is 13.5. The van der Waals surface area contributed by atoms with Crippen molar-refractivity contribution in [2.24, 2.45) is 5.92 Å². The van der Waals surface area contributed by atoms with Crippen LogP contribution in [0.2, 0.25) is 0 Å². The highest BCUT2D eigenvalue weighted by Gasteiger charge is 2.16. The molecule has 1 rings (SSSR count). The van der Waals surface area contributed by atoms with E-state index in [4.69, 9.17) is 4.74 Å². The van der Waals surface area contributed by atoms with Gasteiger partial charge in [-0.3, -0.25) is 0 Å². The van der Waals surface area contributed by atoms with Crippen molar-refractivity contribution in [3.63, 3.8) is 0 Å². The number of carbonyl (C=O) groups is 1. The quantitative estimate of drug-likeness (QED) is 0.807. The summed E-state index contributed by atoms with van der Waals surface area (Å²) in [7, 11) is 2.85. The minimum Gasteiger partial charge on any atom is -0.465 e. The molecule has 1 atom stereocenters. The zero-order valence-electron chi connectivity index (χ0n) is 11.7. The second-order valence-corrected chi connectivity index (χ2v) is 4.64. The maximum absolute atomic E-state index is 13.5. The Hall–Kier alpha value is -1.62. The average molecular weight is 269 g/mol. The van der Waals surface area contributed by atoms with Crippen molar-refractivity contribution < 1.29 is 18.7 Å². The van der Waals surface area contributed by atoms with Crippen LogP contribution in [0.3, 0.4) is 0 Å². The van der Waals surface area contributed by atoms with E-state index in [0.29, 0.717) is 18.2 Å². The lowest BCUT2D eigenvalue weighted by Gasteiger charge is -2.23. The Balaban J connectivity index is 2.92. The highest BCUT2D eigenvalue weighted by molar-refractivity contribution is 5.90. The molecule has 19 heavy (non-hydrogen) atoms. The van der Waals surface area contributed by atoms with Crippen LogP contribution < -0.4 is 5.32 Å². The summed E-state index contributed by atoms with van der Waals surface area (Å²) in [6.07, 6.45) is 0. The largest absolute Gasteiger partial charge is 0.465 e. The first-order valence-corrected chi connectivity index (χ1v) is 6.13. The fourth-order valence-electron chi connectivity index (χ4n) is 1.68. The number of ether oxygens (including phenoxy) is 2. The molecule has 0 radical (unpaired) electrons. The topological polar surface area (TPSA) is 47.6 Å². The molecular weight excluding hydrogens is 249 g/mol. The molecule has 0 aliphatic rings. The number of rotatable bonds is 6. The minimum absolute atomic E-state index is 0.0765. The minimum atomic E-state index is -0.686. The first kappa shape index (κ1) is 15.4. The Morgan fingerprint density at radius 1 is 1.37 bits per heavy atom. The number of benzene rings is 1. The Labute approximate surface area is 112 Å². The molecule has 1 aromatic carbocycles. The van der Waals surface area contributed by atoms with Gasteiger partial charge in [0.25, 0.3) is 0 Å². The van der Waals surface area contributed by atoms with E-state index in [9.17, 15) is 9.18 Å². The number of nitrogens with one attached hydrogen (secondary N) is 1. The molecule has 0 aromatic heterocycles. The van der Waals surface area contributed by atoms with E-state index in [1.807, 2.05) is 0 Å². The Morgan fingerprint density at radius 2 is 2.05 bits per heavy atom. The molecule has 0 heterocycles. The van der Waals surface area contributed by atoms with Gasteiger partial charge < -0.3 is 14.8 Å². The predicted molar refractivity (Wildman–Crippen MR) is 71.9 cm³/mol. The summed E-state index contributed by atoms with van der Waals surface area (Å²) in [4.78, 5) is 11.4. The van der Waals surface area contributed by atoms with Gasteiger partial charge in [0.2, 0.25) is 0 Å². The fourth-order valence-corrected chi connectivity index (χ4v) is 1.68. The number of carbonyl (C=O) groups excluding carboxylic acids is 1. The molecule has 0 aliphatic heterocycles. The summed E-state index contributed by atoms with van der Waals surface area (Å²) in [5.74, 6) is -0.939. The monoisotopic (exact) mass is 269 g/mol. The van der Waals surface area contributed by atoms with Gasteiger partial charge in [0, 0.05) is 12.8 Å². The highest BCUT2D eigenvalue weighted by Crippen LogP contribution is 2.18. The number of anilines is 1. The van der Waals surface area contributed by atoms with Crippen molar-refractivity contribution in [1.82, 2.24) is 0 Å². The molecule has 0 saturated heterocycles. The van der Waals surface area contributed by atoms with E-state index in [1.165, 1.54) is 19.2 Å². The second kappa shape index (κ2) is 7.09. The number of esters is 1. The third kappa shape index (κ3) is 4.21. The van der Waals surface area contributed by atoms with Gasteiger partial charge in [-0.25, -0.2) is 9.18 Å². The molecule has 0 bridgehead atoms. The zero-order chi connectivity index (χ0) is 14.4. The van der Waals surface area contributed by atoms with Crippen LogP contribution in [0.1, 0.15) is 24.2 Å². The highest BCUT2D eigenvalue weighted by atomic mass is 19.1. The summed E-state index contributed by atoms with van der Waals surface area (Å²) in [6.45, 7) is 4.64. The van der Waals surface area contributed by atoms with Crippen molar-refractivity contribution in [2.45, 2.75) is 19.9 Å². The van der Waals surface area contributed by atoms with Crippen molar-refractivity contribution in [3.8, 4) is 0 Å². The summed E-state index contributed by atoms with van der Waals surface area (Å²) in [5, 5.41) is 3.23. The smallest absolute Gasteiger partial charge is 0.340 e. The fraction of sp³-hybridized carbons (Fsp3) is 0.500. The van der Waals surface area contributed by atoms with Crippen LogP contribution in [0.15, 0.2) is 18.2 Å². The number of halogens is 1. The molecule has 0 spiro atoms. The molecular formula is C14H20FNO3. The summed E-state index contributed by atoms with van der Waals surface area (Å²) in [6, 6.07) is 4.37. The van der Waals surface area contributed by atoms with Crippen LogP contribution in [-0.2, 0) is 9.47 Å². The van der Waals surface area contributed by atoms with Gasteiger partial charge in [0.15, 0.2) is 0 Å².